The number of carbonyl (C=O) groups is 2. The number of rotatable bonds is 5. The fourth-order valence-corrected chi connectivity index (χ4v) is 13.1. The molecule has 0 aromatic rings. The number of allylic oxidation sites excluding steroid dienone is 2. The van der Waals surface area contributed by atoms with Crippen LogP contribution < -0.4 is 0 Å². The van der Waals surface area contributed by atoms with Crippen LogP contribution in [0.5, 0.6) is 0 Å². The molecule has 1 saturated heterocycles. The van der Waals surface area contributed by atoms with Gasteiger partial charge in [0, 0.05) is 24.2 Å². The largest absolute Gasteiger partial charge is 0.487 e. The van der Waals surface area contributed by atoms with Crippen molar-refractivity contribution in [3.05, 3.63) is 11.8 Å². The summed E-state index contributed by atoms with van der Waals surface area (Å²) in [5, 5.41) is 30.9. The second-order valence-electron chi connectivity index (χ2n) is 17.7. The highest BCUT2D eigenvalue weighted by Gasteiger charge is 2.85. The van der Waals surface area contributed by atoms with Gasteiger partial charge in [0.2, 0.25) is 0 Å². The summed E-state index contributed by atoms with van der Waals surface area (Å²) in [7, 11) is 0. The first-order valence-corrected chi connectivity index (χ1v) is 17.9. The van der Waals surface area contributed by atoms with E-state index in [1.807, 2.05) is 19.9 Å². The Morgan fingerprint density at radius 1 is 0.957 bits per heavy atom. The highest BCUT2D eigenvalue weighted by atomic mass is 16.7. The lowest BCUT2D eigenvalue weighted by Crippen LogP contribution is -2.63. The third-order valence-electron chi connectivity index (χ3n) is 15.2. The van der Waals surface area contributed by atoms with Crippen molar-refractivity contribution in [2.75, 3.05) is 6.61 Å². The van der Waals surface area contributed by atoms with Crippen molar-refractivity contribution in [3.63, 3.8) is 0 Å². The van der Waals surface area contributed by atoms with Crippen LogP contribution in [0, 0.1) is 56.7 Å². The van der Waals surface area contributed by atoms with Gasteiger partial charge in [0.05, 0.1) is 12.7 Å². The van der Waals surface area contributed by atoms with E-state index in [0.29, 0.717) is 17.6 Å². The predicted octanol–water partition coefficient (Wildman–Crippen LogP) is 4.55. The lowest BCUT2D eigenvalue weighted by Gasteiger charge is -2.65. The standard InChI is InChI=1S/C37H56O9/c1-18(2)29(40)22-13-19(3)28-23(45-22)14-34(7)25-10-9-24-33(5,6)26(46-32-31(42)30(41)21(39)16-43-32)11-12-36(24)17-37(25,36)15-27(35(28,34)8)44-20(4)38/h13,18-19,21,23-28,30-32,39,41-42H,9-12,14-17H2,1-8H3/t19-,21-,23+,24?,25?,26+,27-,28+,30+,31-,32+,34+,35-,36-,37?/m1/s1. The summed E-state index contributed by atoms with van der Waals surface area (Å²) in [6.07, 6.45) is 3.60. The Bertz CT molecular complexity index is 1310. The van der Waals surface area contributed by atoms with Crippen molar-refractivity contribution in [2.24, 2.45) is 56.7 Å². The molecule has 0 aromatic carbocycles. The lowest BCUT2D eigenvalue weighted by atomic mass is 9.41. The number of esters is 1. The van der Waals surface area contributed by atoms with Crippen LogP contribution in [-0.2, 0) is 28.5 Å². The Kier molecular flexibility index (Phi) is 7.53. The molecule has 46 heavy (non-hydrogen) atoms. The Morgan fingerprint density at radius 2 is 1.65 bits per heavy atom. The lowest BCUT2D eigenvalue weighted by molar-refractivity contribution is -0.303. The molecule has 258 valence electrons. The highest BCUT2D eigenvalue weighted by molar-refractivity contribution is 5.95. The van der Waals surface area contributed by atoms with Crippen LogP contribution in [0.2, 0.25) is 0 Å². The zero-order valence-electron chi connectivity index (χ0n) is 29.0. The minimum absolute atomic E-state index is 0.0500. The van der Waals surface area contributed by atoms with Crippen molar-refractivity contribution < 1.29 is 43.9 Å². The predicted molar refractivity (Wildman–Crippen MR) is 168 cm³/mol. The Balaban J connectivity index is 1.20. The number of hydrogen-bond acceptors (Lipinski definition) is 9. The molecule has 0 aromatic heterocycles. The van der Waals surface area contributed by atoms with Gasteiger partial charge >= 0.3 is 5.97 Å². The molecule has 9 nitrogen and oxygen atoms in total. The zero-order valence-corrected chi connectivity index (χ0v) is 29.0. The summed E-state index contributed by atoms with van der Waals surface area (Å²) in [6.45, 7) is 16.9. The van der Waals surface area contributed by atoms with Gasteiger partial charge in [-0.15, -0.1) is 0 Å². The maximum Gasteiger partial charge on any atom is 0.302 e. The molecule has 2 spiro atoms. The zero-order chi connectivity index (χ0) is 33.4. The number of aliphatic hydroxyl groups excluding tert-OH is 3. The van der Waals surface area contributed by atoms with Gasteiger partial charge in [-0.1, -0.05) is 48.5 Å². The van der Waals surface area contributed by atoms with Crippen LogP contribution in [0.15, 0.2) is 11.8 Å². The fourth-order valence-electron chi connectivity index (χ4n) is 13.1. The third-order valence-corrected chi connectivity index (χ3v) is 15.2. The second-order valence-corrected chi connectivity index (χ2v) is 17.7. The normalized spacial score (nSPS) is 53.4. The molecule has 0 radical (unpaired) electrons. The minimum Gasteiger partial charge on any atom is -0.487 e. The molecule has 2 aliphatic heterocycles. The molecule has 6 fully saturated rings. The summed E-state index contributed by atoms with van der Waals surface area (Å²) in [5.74, 6) is 1.31. The first-order valence-electron chi connectivity index (χ1n) is 17.9. The van der Waals surface area contributed by atoms with E-state index in [1.165, 1.54) is 6.92 Å². The molecule has 9 heteroatoms. The number of aliphatic hydroxyl groups is 3. The third kappa shape index (κ3) is 4.16. The molecule has 15 atom stereocenters. The van der Waals surface area contributed by atoms with Gasteiger partial charge in [-0.2, -0.15) is 0 Å². The van der Waals surface area contributed by atoms with Gasteiger partial charge in [0.1, 0.15) is 30.5 Å². The number of ketones is 1. The maximum atomic E-state index is 13.1. The topological polar surface area (TPSA) is 132 Å². The first kappa shape index (κ1) is 33.0. The minimum atomic E-state index is -1.31. The molecule has 2 heterocycles. The van der Waals surface area contributed by atoms with Crippen molar-refractivity contribution in [1.82, 2.24) is 0 Å². The molecular formula is C37H56O9. The Labute approximate surface area is 273 Å². The monoisotopic (exact) mass is 644 g/mol. The van der Waals surface area contributed by atoms with E-state index < -0.39 is 24.6 Å². The van der Waals surface area contributed by atoms with Crippen molar-refractivity contribution in [2.45, 2.75) is 143 Å². The summed E-state index contributed by atoms with van der Waals surface area (Å²) in [5.41, 5.74) is -0.488. The van der Waals surface area contributed by atoms with Crippen molar-refractivity contribution in [3.8, 4) is 0 Å². The quantitative estimate of drug-likeness (QED) is 0.292. The van der Waals surface area contributed by atoms with Crippen LogP contribution in [0.4, 0.5) is 0 Å². The summed E-state index contributed by atoms with van der Waals surface area (Å²) >= 11 is 0. The molecule has 3 N–H and O–H groups in total. The molecule has 7 rings (SSSR count). The molecule has 7 aliphatic rings. The Hall–Kier alpha value is -1.52. The number of hydrogen-bond donors (Lipinski definition) is 3. The van der Waals surface area contributed by atoms with E-state index in [-0.39, 0.29) is 81.5 Å². The first-order chi connectivity index (χ1) is 21.4. The van der Waals surface area contributed by atoms with Crippen LogP contribution in [0.25, 0.3) is 0 Å². The molecule has 5 aliphatic carbocycles. The summed E-state index contributed by atoms with van der Waals surface area (Å²) < 4.78 is 25.2. The van der Waals surface area contributed by atoms with Crippen LogP contribution in [0.3, 0.4) is 0 Å². The summed E-state index contributed by atoms with van der Waals surface area (Å²) in [4.78, 5) is 25.9. The fraction of sp³-hybridized carbons (Fsp3) is 0.892. The smallest absolute Gasteiger partial charge is 0.302 e. The van der Waals surface area contributed by atoms with Crippen LogP contribution in [0.1, 0.15) is 100 Å². The van der Waals surface area contributed by atoms with E-state index in [4.69, 9.17) is 18.9 Å². The van der Waals surface area contributed by atoms with Crippen molar-refractivity contribution in [1.29, 1.82) is 0 Å². The van der Waals surface area contributed by atoms with E-state index in [0.717, 1.165) is 44.9 Å². The van der Waals surface area contributed by atoms with Gasteiger partial charge in [-0.25, -0.2) is 0 Å². The number of fused-ring (bicyclic) bond motifs is 4. The molecule has 5 saturated carbocycles. The molecular weight excluding hydrogens is 588 g/mol. The van der Waals surface area contributed by atoms with E-state index in [1.54, 1.807) is 0 Å². The van der Waals surface area contributed by atoms with Gasteiger partial charge in [-0.3, -0.25) is 9.59 Å². The van der Waals surface area contributed by atoms with Gasteiger partial charge in [0.25, 0.3) is 0 Å². The number of carbonyl (C=O) groups excluding carboxylic acids is 2. The van der Waals surface area contributed by atoms with Gasteiger partial charge in [-0.05, 0) is 90.4 Å². The summed E-state index contributed by atoms with van der Waals surface area (Å²) in [6, 6.07) is 0. The second kappa shape index (κ2) is 10.5. The van der Waals surface area contributed by atoms with Crippen LogP contribution >= 0.6 is 0 Å². The maximum absolute atomic E-state index is 13.1. The van der Waals surface area contributed by atoms with E-state index >= 15 is 0 Å². The number of ether oxygens (including phenoxy) is 4. The average molecular weight is 645 g/mol. The van der Waals surface area contributed by atoms with Gasteiger partial charge in [0.15, 0.2) is 17.8 Å². The van der Waals surface area contributed by atoms with E-state index in [9.17, 15) is 24.9 Å². The highest BCUT2D eigenvalue weighted by Crippen LogP contribution is 2.89. The molecule has 0 amide bonds. The molecule has 3 unspecified atom stereocenters. The van der Waals surface area contributed by atoms with Crippen LogP contribution in [-0.4, -0.2) is 76.6 Å². The SMILES string of the molecule is CC(=O)O[C@@H]1CC23C[C@@]24CC[C@H](O[C@@H]2OC[C@@H](O)[C@H](O)[C@H]2O)C(C)(C)C4CCC3[C@]2(C)C[C@@H]3OC(C(=O)C(C)C)=C[C@@H](C)[C@@H]3[C@@]12C. The van der Waals surface area contributed by atoms with E-state index in [2.05, 4.69) is 34.6 Å². The Morgan fingerprint density at radius 3 is 2.33 bits per heavy atom. The molecule has 0 bridgehead atoms. The average Bonchev–Trinajstić information content (AvgIpc) is 3.55. The van der Waals surface area contributed by atoms with Gasteiger partial charge < -0.3 is 34.3 Å². The number of Topliss-reactive ketones (excluding diaryl/α,β-unsaturated/α-hetero) is 1. The van der Waals surface area contributed by atoms with Crippen molar-refractivity contribution >= 4 is 11.8 Å².